The zero-order valence-electron chi connectivity index (χ0n) is 11.3. The minimum Gasteiger partial charge on any atom is -0.496 e. The van der Waals surface area contributed by atoms with Crippen LogP contribution < -0.4 is 9.47 Å². The molecule has 0 aliphatic rings. The molecule has 0 saturated carbocycles. The van der Waals surface area contributed by atoms with E-state index >= 15 is 0 Å². The molecule has 0 aliphatic carbocycles. The summed E-state index contributed by atoms with van der Waals surface area (Å²) in [4.78, 5) is 4.11. The molecule has 1 unspecified atom stereocenters. The van der Waals surface area contributed by atoms with Crippen LogP contribution in [0.15, 0.2) is 36.5 Å². The lowest BCUT2D eigenvalue weighted by atomic mass is 10.0. The first-order valence-electron chi connectivity index (χ1n) is 6.14. The summed E-state index contributed by atoms with van der Waals surface area (Å²) in [6.45, 7) is 0. The Bertz CT molecular complexity index is 572. The molecule has 0 spiro atoms. The van der Waals surface area contributed by atoms with Crippen LogP contribution in [-0.4, -0.2) is 24.3 Å². The Morgan fingerprint density at radius 2 is 2.00 bits per heavy atom. The van der Waals surface area contributed by atoms with E-state index in [9.17, 15) is 5.11 Å². The number of aliphatic hydroxyl groups excluding tert-OH is 1. The average molecular weight is 294 g/mol. The quantitative estimate of drug-likeness (QED) is 0.920. The first-order chi connectivity index (χ1) is 9.63. The third-order valence-electron chi connectivity index (χ3n) is 2.99. The van der Waals surface area contributed by atoms with Gasteiger partial charge in [-0.1, -0.05) is 17.7 Å². The molecular weight excluding hydrogens is 278 g/mol. The molecule has 1 aromatic carbocycles. The zero-order valence-corrected chi connectivity index (χ0v) is 12.1. The molecule has 0 radical (unpaired) electrons. The number of ether oxygens (including phenoxy) is 2. The monoisotopic (exact) mass is 293 g/mol. The second kappa shape index (κ2) is 6.59. The highest BCUT2D eigenvalue weighted by molar-refractivity contribution is 6.30. The Morgan fingerprint density at radius 1 is 1.20 bits per heavy atom. The van der Waals surface area contributed by atoms with E-state index in [2.05, 4.69) is 4.98 Å². The van der Waals surface area contributed by atoms with Gasteiger partial charge in [-0.15, -0.1) is 0 Å². The van der Waals surface area contributed by atoms with Gasteiger partial charge in [-0.3, -0.25) is 0 Å². The molecule has 106 valence electrons. The highest BCUT2D eigenvalue weighted by Crippen LogP contribution is 2.30. The predicted molar refractivity (Wildman–Crippen MR) is 77.5 cm³/mol. The molecule has 5 heteroatoms. The molecule has 1 atom stereocenters. The fourth-order valence-electron chi connectivity index (χ4n) is 1.95. The largest absolute Gasteiger partial charge is 0.496 e. The van der Waals surface area contributed by atoms with Crippen LogP contribution in [0.2, 0.25) is 5.02 Å². The van der Waals surface area contributed by atoms with E-state index in [4.69, 9.17) is 21.1 Å². The molecule has 0 aliphatic heterocycles. The van der Waals surface area contributed by atoms with Crippen molar-refractivity contribution in [2.24, 2.45) is 0 Å². The maximum atomic E-state index is 10.3. The molecule has 0 fully saturated rings. The lowest BCUT2D eigenvalue weighted by molar-refractivity contribution is 0.174. The molecular formula is C15H16ClNO3. The standard InChI is InChI=1S/C15H16ClNO3/c1-19-14-5-4-11(16)8-12(14)13(18)7-10-3-6-15(20-2)17-9-10/h3-6,8-9,13,18H,7H2,1-2H3. The van der Waals surface area contributed by atoms with Crippen LogP contribution in [0.25, 0.3) is 0 Å². The number of hydrogen-bond donors (Lipinski definition) is 1. The Morgan fingerprint density at radius 3 is 2.60 bits per heavy atom. The van der Waals surface area contributed by atoms with Crippen molar-refractivity contribution in [1.82, 2.24) is 4.98 Å². The molecule has 1 N–H and O–H groups in total. The van der Waals surface area contributed by atoms with Crippen LogP contribution in [-0.2, 0) is 6.42 Å². The van der Waals surface area contributed by atoms with Gasteiger partial charge in [0.25, 0.3) is 0 Å². The van der Waals surface area contributed by atoms with Gasteiger partial charge < -0.3 is 14.6 Å². The summed E-state index contributed by atoms with van der Waals surface area (Å²) in [5, 5.41) is 10.9. The summed E-state index contributed by atoms with van der Waals surface area (Å²) in [5.74, 6) is 1.16. The Hall–Kier alpha value is -1.78. The summed E-state index contributed by atoms with van der Waals surface area (Å²) in [6, 6.07) is 8.81. The van der Waals surface area contributed by atoms with Gasteiger partial charge in [0.1, 0.15) is 5.75 Å². The fraction of sp³-hybridized carbons (Fsp3) is 0.267. The number of halogens is 1. The van der Waals surface area contributed by atoms with E-state index in [0.29, 0.717) is 28.6 Å². The summed E-state index contributed by atoms with van der Waals surface area (Å²) >= 11 is 5.96. The molecule has 2 aromatic rings. The summed E-state index contributed by atoms with van der Waals surface area (Å²) < 4.78 is 10.2. The van der Waals surface area contributed by atoms with Crippen molar-refractivity contribution < 1.29 is 14.6 Å². The van der Waals surface area contributed by atoms with Crippen LogP contribution in [0, 0.1) is 0 Å². The Balaban J connectivity index is 2.18. The van der Waals surface area contributed by atoms with Crippen molar-refractivity contribution in [2.75, 3.05) is 14.2 Å². The number of methoxy groups -OCH3 is 2. The van der Waals surface area contributed by atoms with Crippen molar-refractivity contribution in [3.05, 3.63) is 52.7 Å². The number of hydrogen-bond acceptors (Lipinski definition) is 4. The smallest absolute Gasteiger partial charge is 0.212 e. The normalized spacial score (nSPS) is 12.0. The van der Waals surface area contributed by atoms with Crippen molar-refractivity contribution >= 4 is 11.6 Å². The Labute approximate surface area is 122 Å². The second-order valence-corrected chi connectivity index (χ2v) is 4.75. The second-order valence-electron chi connectivity index (χ2n) is 4.32. The predicted octanol–water partition coefficient (Wildman–Crippen LogP) is 3.03. The minimum atomic E-state index is -0.709. The SMILES string of the molecule is COc1ccc(CC(O)c2cc(Cl)ccc2OC)cn1. The van der Waals surface area contributed by atoms with E-state index in [-0.39, 0.29) is 0 Å². The molecule has 1 heterocycles. The van der Waals surface area contributed by atoms with Gasteiger partial charge in [0, 0.05) is 29.3 Å². The van der Waals surface area contributed by atoms with E-state index < -0.39 is 6.10 Å². The van der Waals surface area contributed by atoms with Gasteiger partial charge in [-0.25, -0.2) is 4.98 Å². The van der Waals surface area contributed by atoms with Crippen LogP contribution in [0.4, 0.5) is 0 Å². The zero-order chi connectivity index (χ0) is 14.5. The molecule has 2 rings (SSSR count). The summed E-state index contributed by atoms with van der Waals surface area (Å²) in [5.41, 5.74) is 1.57. The van der Waals surface area contributed by atoms with E-state index in [1.807, 2.05) is 6.07 Å². The van der Waals surface area contributed by atoms with Crippen LogP contribution in [0.5, 0.6) is 11.6 Å². The van der Waals surface area contributed by atoms with E-state index in [1.54, 1.807) is 44.7 Å². The molecule has 0 bridgehead atoms. The highest BCUT2D eigenvalue weighted by Gasteiger charge is 2.15. The third-order valence-corrected chi connectivity index (χ3v) is 3.22. The third kappa shape index (κ3) is 3.40. The van der Waals surface area contributed by atoms with Crippen molar-refractivity contribution in [3.63, 3.8) is 0 Å². The molecule has 0 amide bonds. The molecule has 4 nitrogen and oxygen atoms in total. The van der Waals surface area contributed by atoms with Crippen molar-refractivity contribution in [1.29, 1.82) is 0 Å². The van der Waals surface area contributed by atoms with E-state index in [1.165, 1.54) is 0 Å². The lowest BCUT2D eigenvalue weighted by Gasteiger charge is -2.15. The number of aliphatic hydroxyl groups is 1. The number of pyridine rings is 1. The highest BCUT2D eigenvalue weighted by atomic mass is 35.5. The summed E-state index contributed by atoms with van der Waals surface area (Å²) in [6.07, 6.45) is 1.39. The first kappa shape index (κ1) is 14.6. The maximum absolute atomic E-state index is 10.3. The topological polar surface area (TPSA) is 51.6 Å². The summed E-state index contributed by atoms with van der Waals surface area (Å²) in [7, 11) is 3.13. The lowest BCUT2D eigenvalue weighted by Crippen LogP contribution is -2.04. The number of benzene rings is 1. The van der Waals surface area contributed by atoms with Gasteiger partial charge in [0.2, 0.25) is 5.88 Å². The molecule has 0 saturated heterocycles. The van der Waals surface area contributed by atoms with Gasteiger partial charge in [0.05, 0.1) is 20.3 Å². The van der Waals surface area contributed by atoms with Crippen molar-refractivity contribution in [3.8, 4) is 11.6 Å². The maximum Gasteiger partial charge on any atom is 0.212 e. The van der Waals surface area contributed by atoms with Gasteiger partial charge in [-0.2, -0.15) is 0 Å². The molecule has 1 aromatic heterocycles. The average Bonchev–Trinajstić information content (AvgIpc) is 2.48. The van der Waals surface area contributed by atoms with Crippen molar-refractivity contribution in [2.45, 2.75) is 12.5 Å². The van der Waals surface area contributed by atoms with Crippen LogP contribution in [0.3, 0.4) is 0 Å². The number of nitrogens with zero attached hydrogens (tertiary/aromatic N) is 1. The van der Waals surface area contributed by atoms with E-state index in [0.717, 1.165) is 5.56 Å². The van der Waals surface area contributed by atoms with Crippen LogP contribution >= 0.6 is 11.6 Å². The van der Waals surface area contributed by atoms with Gasteiger partial charge in [0.15, 0.2) is 0 Å². The molecule has 20 heavy (non-hydrogen) atoms. The van der Waals surface area contributed by atoms with Gasteiger partial charge >= 0.3 is 0 Å². The van der Waals surface area contributed by atoms with Crippen LogP contribution in [0.1, 0.15) is 17.2 Å². The Kier molecular flexibility index (Phi) is 4.82. The number of aromatic nitrogens is 1. The fourth-order valence-corrected chi connectivity index (χ4v) is 2.13. The minimum absolute atomic E-state index is 0.424. The first-order valence-corrected chi connectivity index (χ1v) is 6.52. The number of rotatable bonds is 5. The van der Waals surface area contributed by atoms with Gasteiger partial charge in [-0.05, 0) is 23.8 Å².